The molecule has 2 aromatic heterocycles. The van der Waals surface area contributed by atoms with Crippen molar-refractivity contribution in [1.82, 2.24) is 14.9 Å². The first kappa shape index (κ1) is 19.3. The number of fused-ring (bicyclic) bond motifs is 1. The molecule has 0 unspecified atom stereocenters. The summed E-state index contributed by atoms with van der Waals surface area (Å²) in [6.45, 7) is 1.88. The molecule has 0 fully saturated rings. The summed E-state index contributed by atoms with van der Waals surface area (Å²) in [5.41, 5.74) is 2.27. The summed E-state index contributed by atoms with van der Waals surface area (Å²) in [5.74, 6) is 1.34. The molecule has 0 aliphatic heterocycles. The summed E-state index contributed by atoms with van der Waals surface area (Å²) in [5, 5.41) is 3.97. The van der Waals surface area contributed by atoms with Gasteiger partial charge in [-0.15, -0.1) is 0 Å². The highest BCUT2D eigenvalue weighted by Crippen LogP contribution is 2.31. The lowest BCUT2D eigenvalue weighted by Gasteiger charge is -2.21. The van der Waals surface area contributed by atoms with Crippen LogP contribution in [-0.4, -0.2) is 22.6 Å². The fraction of sp³-hybridized carbons (Fsp3) is 0.182. The predicted molar refractivity (Wildman–Crippen MR) is 114 cm³/mol. The van der Waals surface area contributed by atoms with Crippen LogP contribution >= 0.6 is 15.9 Å². The second kappa shape index (κ2) is 7.75. The molecule has 1 atom stereocenters. The first-order valence-corrected chi connectivity index (χ1v) is 9.88. The summed E-state index contributed by atoms with van der Waals surface area (Å²) in [6, 6.07) is 12.8. The van der Waals surface area contributed by atoms with Crippen molar-refractivity contribution in [2.24, 2.45) is 7.05 Å². The van der Waals surface area contributed by atoms with E-state index in [0.717, 1.165) is 21.0 Å². The minimum Gasteiger partial charge on any atom is -0.496 e. The third-order valence-electron chi connectivity index (χ3n) is 4.95. The second-order valence-electron chi connectivity index (χ2n) is 6.74. The average molecular weight is 454 g/mol. The molecule has 2 aromatic carbocycles. The van der Waals surface area contributed by atoms with Crippen LogP contribution in [-0.2, 0) is 7.05 Å². The number of hydrogen-bond acceptors (Lipinski definition) is 4. The number of nitrogens with zero attached hydrogens (tertiary/aromatic N) is 2. The van der Waals surface area contributed by atoms with Crippen LogP contribution in [0, 0.1) is 6.92 Å². The topological polar surface area (TPSA) is 69.3 Å². The molecular formula is C22H20BrN3O3. The van der Waals surface area contributed by atoms with E-state index < -0.39 is 6.04 Å². The summed E-state index contributed by atoms with van der Waals surface area (Å²) in [6.07, 6.45) is 3.54. The summed E-state index contributed by atoms with van der Waals surface area (Å²) >= 11 is 3.47. The monoisotopic (exact) mass is 453 g/mol. The standard InChI is InChI=1S/C22H20BrN3O3/c1-13-16-12-14(23)8-9-18(16)29-20(13)22(27)25-19(21-24-10-11-26(21)2)15-6-4-5-7-17(15)28-3/h4-12,19H,1-3H3,(H,25,27)/t19-/m1/s1. The van der Waals surface area contributed by atoms with Gasteiger partial charge in [-0.05, 0) is 31.2 Å². The van der Waals surface area contributed by atoms with Crippen molar-refractivity contribution in [2.45, 2.75) is 13.0 Å². The maximum absolute atomic E-state index is 13.2. The maximum Gasteiger partial charge on any atom is 0.288 e. The van der Waals surface area contributed by atoms with Crippen LogP contribution in [0.25, 0.3) is 11.0 Å². The third kappa shape index (κ3) is 3.53. The Labute approximate surface area is 176 Å². The Hall–Kier alpha value is -3.06. The van der Waals surface area contributed by atoms with E-state index in [1.54, 1.807) is 13.3 Å². The Bertz CT molecular complexity index is 1200. The lowest BCUT2D eigenvalue weighted by Crippen LogP contribution is -2.31. The van der Waals surface area contributed by atoms with Crippen LogP contribution in [0.1, 0.15) is 33.5 Å². The molecule has 0 radical (unpaired) electrons. The highest BCUT2D eigenvalue weighted by molar-refractivity contribution is 9.10. The van der Waals surface area contributed by atoms with Crippen molar-refractivity contribution >= 4 is 32.8 Å². The number of aryl methyl sites for hydroxylation is 2. The van der Waals surface area contributed by atoms with Crippen LogP contribution in [0.2, 0.25) is 0 Å². The van der Waals surface area contributed by atoms with E-state index in [9.17, 15) is 4.79 Å². The number of amides is 1. The number of carbonyl (C=O) groups is 1. The number of hydrogen-bond donors (Lipinski definition) is 1. The van der Waals surface area contributed by atoms with Crippen molar-refractivity contribution in [3.05, 3.63) is 82.0 Å². The zero-order chi connectivity index (χ0) is 20.5. The number of furan rings is 1. The molecule has 29 heavy (non-hydrogen) atoms. The van der Waals surface area contributed by atoms with Crippen molar-refractivity contribution < 1.29 is 13.9 Å². The number of halogens is 1. The van der Waals surface area contributed by atoms with Crippen LogP contribution in [0.4, 0.5) is 0 Å². The van der Waals surface area contributed by atoms with E-state index in [-0.39, 0.29) is 11.7 Å². The van der Waals surface area contributed by atoms with Gasteiger partial charge in [-0.25, -0.2) is 4.98 Å². The van der Waals surface area contributed by atoms with Crippen LogP contribution < -0.4 is 10.1 Å². The number of benzene rings is 2. The number of para-hydroxylation sites is 1. The predicted octanol–water partition coefficient (Wildman–Crippen LogP) is 4.77. The van der Waals surface area contributed by atoms with Gasteiger partial charge in [0.05, 0.1) is 7.11 Å². The van der Waals surface area contributed by atoms with E-state index in [1.165, 1.54) is 0 Å². The number of nitrogens with one attached hydrogen (secondary N) is 1. The third-order valence-corrected chi connectivity index (χ3v) is 5.44. The number of aromatic nitrogens is 2. The van der Waals surface area contributed by atoms with E-state index in [4.69, 9.17) is 9.15 Å². The lowest BCUT2D eigenvalue weighted by atomic mass is 10.0. The molecule has 7 heteroatoms. The number of imidazole rings is 1. The lowest BCUT2D eigenvalue weighted by molar-refractivity contribution is 0.0914. The second-order valence-corrected chi connectivity index (χ2v) is 7.66. The summed E-state index contributed by atoms with van der Waals surface area (Å²) in [7, 11) is 3.50. The number of ether oxygens (including phenoxy) is 1. The first-order chi connectivity index (χ1) is 14.0. The van der Waals surface area contributed by atoms with Gasteiger partial charge in [-0.1, -0.05) is 34.1 Å². The fourth-order valence-electron chi connectivity index (χ4n) is 3.45. The minimum atomic E-state index is -0.502. The minimum absolute atomic E-state index is 0.284. The molecule has 4 rings (SSSR count). The van der Waals surface area contributed by atoms with Gasteiger partial charge in [0, 0.05) is 40.4 Å². The highest BCUT2D eigenvalue weighted by Gasteiger charge is 2.27. The SMILES string of the molecule is COc1ccccc1[C@@H](NC(=O)c1oc2ccc(Br)cc2c1C)c1nccn1C. The molecule has 0 spiro atoms. The van der Waals surface area contributed by atoms with Crippen molar-refractivity contribution in [3.8, 4) is 5.75 Å². The molecule has 6 nitrogen and oxygen atoms in total. The van der Waals surface area contributed by atoms with Crippen molar-refractivity contribution in [2.75, 3.05) is 7.11 Å². The largest absolute Gasteiger partial charge is 0.496 e. The van der Waals surface area contributed by atoms with Crippen LogP contribution in [0.15, 0.2) is 63.7 Å². The van der Waals surface area contributed by atoms with E-state index >= 15 is 0 Å². The molecular weight excluding hydrogens is 434 g/mol. The van der Waals surface area contributed by atoms with Gasteiger partial charge in [-0.2, -0.15) is 0 Å². The molecule has 148 valence electrons. The van der Waals surface area contributed by atoms with Crippen LogP contribution in [0.5, 0.6) is 5.75 Å². The molecule has 0 saturated carbocycles. The summed E-state index contributed by atoms with van der Waals surface area (Å²) in [4.78, 5) is 17.7. The fourth-order valence-corrected chi connectivity index (χ4v) is 3.81. The molecule has 0 bridgehead atoms. The Morgan fingerprint density at radius 1 is 1.28 bits per heavy atom. The molecule has 1 amide bonds. The van der Waals surface area contributed by atoms with Crippen molar-refractivity contribution in [1.29, 1.82) is 0 Å². The van der Waals surface area contributed by atoms with Gasteiger partial charge in [-0.3, -0.25) is 4.79 Å². The Morgan fingerprint density at radius 3 is 2.79 bits per heavy atom. The number of methoxy groups -OCH3 is 1. The smallest absolute Gasteiger partial charge is 0.288 e. The Balaban J connectivity index is 1.76. The maximum atomic E-state index is 13.2. The van der Waals surface area contributed by atoms with Gasteiger partial charge in [0.15, 0.2) is 5.76 Å². The molecule has 0 aliphatic rings. The molecule has 0 saturated heterocycles. The van der Waals surface area contributed by atoms with Gasteiger partial charge >= 0.3 is 0 Å². The number of rotatable bonds is 5. The van der Waals surface area contributed by atoms with Crippen molar-refractivity contribution in [3.63, 3.8) is 0 Å². The zero-order valence-corrected chi connectivity index (χ0v) is 17.9. The quantitative estimate of drug-likeness (QED) is 0.472. The molecule has 1 N–H and O–H groups in total. The highest BCUT2D eigenvalue weighted by atomic mass is 79.9. The van der Waals surface area contributed by atoms with E-state index in [0.29, 0.717) is 17.2 Å². The molecule has 4 aromatic rings. The molecule has 0 aliphatic carbocycles. The average Bonchev–Trinajstić information content (AvgIpc) is 3.29. The van der Waals surface area contributed by atoms with Gasteiger partial charge in [0.1, 0.15) is 23.2 Å². The number of carbonyl (C=O) groups excluding carboxylic acids is 1. The van der Waals surface area contributed by atoms with Gasteiger partial charge in [0.2, 0.25) is 0 Å². The van der Waals surface area contributed by atoms with Gasteiger partial charge < -0.3 is 19.0 Å². The summed E-state index contributed by atoms with van der Waals surface area (Å²) < 4.78 is 14.2. The zero-order valence-electron chi connectivity index (χ0n) is 16.3. The van der Waals surface area contributed by atoms with E-state index in [1.807, 2.05) is 67.2 Å². The normalized spacial score (nSPS) is 12.1. The van der Waals surface area contributed by atoms with Gasteiger partial charge in [0.25, 0.3) is 5.91 Å². The van der Waals surface area contributed by atoms with Crippen LogP contribution in [0.3, 0.4) is 0 Å². The first-order valence-electron chi connectivity index (χ1n) is 9.09. The molecule has 2 heterocycles. The van der Waals surface area contributed by atoms with E-state index in [2.05, 4.69) is 26.2 Å². The Morgan fingerprint density at radius 2 is 2.07 bits per heavy atom. The Kier molecular flexibility index (Phi) is 5.15.